The van der Waals surface area contributed by atoms with Gasteiger partial charge in [-0.3, -0.25) is 9.48 Å². The van der Waals surface area contributed by atoms with Crippen LogP contribution in [0, 0.1) is 13.8 Å². The summed E-state index contributed by atoms with van der Waals surface area (Å²) in [5, 5.41) is 13.8. The van der Waals surface area contributed by atoms with Crippen LogP contribution in [0.3, 0.4) is 0 Å². The number of aliphatic hydroxyl groups excluding tert-OH is 1. The van der Waals surface area contributed by atoms with Gasteiger partial charge in [-0.15, -0.1) is 0 Å². The van der Waals surface area contributed by atoms with Gasteiger partial charge in [-0.05, 0) is 13.8 Å². The summed E-state index contributed by atoms with van der Waals surface area (Å²) in [6.07, 6.45) is -0.856. The fourth-order valence-corrected chi connectivity index (χ4v) is 4.67. The lowest BCUT2D eigenvalue weighted by atomic mass is 10.2. The van der Waals surface area contributed by atoms with E-state index in [1.165, 1.54) is 11.8 Å². The molecule has 0 aromatic carbocycles. The van der Waals surface area contributed by atoms with Gasteiger partial charge in [-0.2, -0.15) is 9.40 Å². The van der Waals surface area contributed by atoms with E-state index >= 15 is 0 Å². The second-order valence-corrected chi connectivity index (χ2v) is 6.95. The van der Waals surface area contributed by atoms with Gasteiger partial charge in [-0.25, -0.2) is 8.42 Å². The molecule has 118 valence electrons. The molecule has 2 heterocycles. The normalized spacial score (nSPS) is 23.5. The van der Waals surface area contributed by atoms with E-state index in [0.717, 1.165) is 4.31 Å². The highest BCUT2D eigenvalue weighted by Gasteiger charge is 2.45. The standard InChI is InChI=1S/C12H19N3O5S/c1-7-11(8(2)14(3)13-7)21(18,19)15-6-9(16)5-10(15)12(17)20-4/h9-10,16H,5-6H2,1-4H3. The van der Waals surface area contributed by atoms with Gasteiger partial charge >= 0.3 is 5.97 Å². The third kappa shape index (κ3) is 2.56. The van der Waals surface area contributed by atoms with Gasteiger partial charge in [0.25, 0.3) is 0 Å². The number of methoxy groups -OCH3 is 1. The zero-order valence-corrected chi connectivity index (χ0v) is 13.2. The fraction of sp³-hybridized carbons (Fsp3) is 0.667. The predicted octanol–water partition coefficient (Wildman–Crippen LogP) is -0.666. The Morgan fingerprint density at radius 3 is 2.52 bits per heavy atom. The van der Waals surface area contributed by atoms with Gasteiger partial charge in [0.2, 0.25) is 10.0 Å². The summed E-state index contributed by atoms with van der Waals surface area (Å²) >= 11 is 0. The SMILES string of the molecule is COC(=O)C1CC(O)CN1S(=O)(=O)c1c(C)nn(C)c1C. The Morgan fingerprint density at radius 1 is 1.43 bits per heavy atom. The maximum atomic E-state index is 12.8. The Morgan fingerprint density at radius 2 is 2.05 bits per heavy atom. The van der Waals surface area contributed by atoms with E-state index in [2.05, 4.69) is 9.84 Å². The molecular formula is C12H19N3O5S. The van der Waals surface area contributed by atoms with Crippen molar-refractivity contribution in [2.24, 2.45) is 7.05 Å². The van der Waals surface area contributed by atoms with E-state index in [-0.39, 0.29) is 17.9 Å². The maximum absolute atomic E-state index is 12.8. The molecule has 1 aliphatic rings. The number of sulfonamides is 1. The van der Waals surface area contributed by atoms with Gasteiger partial charge in [-0.1, -0.05) is 0 Å². The van der Waals surface area contributed by atoms with Crippen LogP contribution in [0.2, 0.25) is 0 Å². The van der Waals surface area contributed by atoms with Crippen LogP contribution in [-0.2, 0) is 26.6 Å². The highest BCUT2D eigenvalue weighted by Crippen LogP contribution is 2.30. The van der Waals surface area contributed by atoms with Crippen LogP contribution in [0.15, 0.2) is 4.90 Å². The lowest BCUT2D eigenvalue weighted by Gasteiger charge is -2.21. The van der Waals surface area contributed by atoms with Crippen molar-refractivity contribution in [3.8, 4) is 0 Å². The molecule has 1 N–H and O–H groups in total. The molecule has 21 heavy (non-hydrogen) atoms. The molecule has 2 atom stereocenters. The smallest absolute Gasteiger partial charge is 0.324 e. The number of hydrogen-bond donors (Lipinski definition) is 1. The topological polar surface area (TPSA) is 102 Å². The van der Waals surface area contributed by atoms with E-state index in [1.807, 2.05) is 0 Å². The van der Waals surface area contributed by atoms with Crippen LogP contribution in [-0.4, -0.2) is 59.4 Å². The molecular weight excluding hydrogens is 298 g/mol. The van der Waals surface area contributed by atoms with Crippen LogP contribution in [0.1, 0.15) is 17.8 Å². The number of nitrogens with zero attached hydrogens (tertiary/aromatic N) is 3. The lowest BCUT2D eigenvalue weighted by molar-refractivity contribution is -0.144. The maximum Gasteiger partial charge on any atom is 0.324 e. The van der Waals surface area contributed by atoms with Gasteiger partial charge in [0.1, 0.15) is 10.9 Å². The summed E-state index contributed by atoms with van der Waals surface area (Å²) in [4.78, 5) is 11.8. The van der Waals surface area contributed by atoms with Crippen LogP contribution < -0.4 is 0 Å². The number of β-amino-alcohol motifs (C(OH)–C–C–N with tert-alkyl or cyclic N) is 1. The van der Waals surface area contributed by atoms with Crippen molar-refractivity contribution < 1.29 is 23.1 Å². The molecule has 1 aromatic rings. The van der Waals surface area contributed by atoms with Crippen LogP contribution >= 0.6 is 0 Å². The number of aryl methyl sites for hydroxylation is 2. The van der Waals surface area contributed by atoms with Gasteiger partial charge in [0.15, 0.2) is 0 Å². The third-order valence-corrected chi connectivity index (χ3v) is 5.84. The van der Waals surface area contributed by atoms with Gasteiger partial charge < -0.3 is 9.84 Å². The third-order valence-electron chi connectivity index (χ3n) is 3.72. The first-order valence-corrected chi connectivity index (χ1v) is 7.92. The second kappa shape index (κ2) is 5.39. The van der Waals surface area contributed by atoms with E-state index in [0.29, 0.717) is 11.4 Å². The Bertz CT molecular complexity index is 667. The molecule has 2 rings (SSSR count). The minimum absolute atomic E-state index is 0.0320. The Balaban J connectivity index is 2.50. The number of rotatable bonds is 3. The fourth-order valence-electron chi connectivity index (χ4n) is 2.64. The molecule has 1 aliphatic heterocycles. The number of ether oxygens (including phenoxy) is 1. The molecule has 0 bridgehead atoms. The summed E-state index contributed by atoms with van der Waals surface area (Å²) in [5.74, 6) is -0.672. The van der Waals surface area contributed by atoms with Crippen LogP contribution in [0.5, 0.6) is 0 Å². The summed E-state index contributed by atoms with van der Waals surface area (Å²) in [5.41, 5.74) is 0.845. The summed E-state index contributed by atoms with van der Waals surface area (Å²) in [7, 11) is -1.08. The second-order valence-electron chi connectivity index (χ2n) is 5.13. The number of carbonyl (C=O) groups is 1. The van der Waals surface area contributed by atoms with Crippen LogP contribution in [0.25, 0.3) is 0 Å². The highest BCUT2D eigenvalue weighted by molar-refractivity contribution is 7.89. The Kier molecular flexibility index (Phi) is 4.09. The van der Waals surface area contributed by atoms with Crippen molar-refractivity contribution >= 4 is 16.0 Å². The first kappa shape index (κ1) is 15.9. The number of carbonyl (C=O) groups excluding carboxylic acids is 1. The van der Waals surface area contributed by atoms with Crippen molar-refractivity contribution in [1.29, 1.82) is 0 Å². The first-order chi connectivity index (χ1) is 9.70. The van der Waals surface area contributed by atoms with Crippen molar-refractivity contribution in [3.63, 3.8) is 0 Å². The number of hydrogen-bond acceptors (Lipinski definition) is 6. The highest BCUT2D eigenvalue weighted by atomic mass is 32.2. The average Bonchev–Trinajstić information content (AvgIpc) is 2.90. The minimum Gasteiger partial charge on any atom is -0.468 e. The average molecular weight is 317 g/mol. The quantitative estimate of drug-likeness (QED) is 0.742. The molecule has 1 fully saturated rings. The lowest BCUT2D eigenvalue weighted by Crippen LogP contribution is -2.41. The molecule has 0 saturated carbocycles. The molecule has 8 nitrogen and oxygen atoms in total. The number of esters is 1. The molecule has 0 aliphatic carbocycles. The van der Waals surface area contributed by atoms with Gasteiger partial charge in [0.05, 0.1) is 24.6 Å². The summed E-state index contributed by atoms with van der Waals surface area (Å²) < 4.78 is 32.7. The Labute approximate surface area is 123 Å². The van der Waals surface area contributed by atoms with Crippen molar-refractivity contribution in [3.05, 3.63) is 11.4 Å². The van der Waals surface area contributed by atoms with Crippen molar-refractivity contribution in [2.45, 2.75) is 37.3 Å². The number of aromatic nitrogens is 2. The van der Waals surface area contributed by atoms with E-state index in [4.69, 9.17) is 0 Å². The van der Waals surface area contributed by atoms with E-state index < -0.39 is 28.1 Å². The van der Waals surface area contributed by atoms with Crippen molar-refractivity contribution in [1.82, 2.24) is 14.1 Å². The molecule has 0 radical (unpaired) electrons. The summed E-state index contributed by atoms with van der Waals surface area (Å²) in [6, 6.07) is -1.01. The molecule has 9 heteroatoms. The predicted molar refractivity (Wildman–Crippen MR) is 73.0 cm³/mol. The van der Waals surface area contributed by atoms with E-state index in [9.17, 15) is 18.3 Å². The monoisotopic (exact) mass is 317 g/mol. The minimum atomic E-state index is -3.93. The van der Waals surface area contributed by atoms with Gasteiger partial charge in [0, 0.05) is 20.0 Å². The molecule has 1 aromatic heterocycles. The molecule has 1 saturated heterocycles. The Hall–Kier alpha value is -1.45. The first-order valence-electron chi connectivity index (χ1n) is 6.48. The van der Waals surface area contributed by atoms with Crippen molar-refractivity contribution in [2.75, 3.05) is 13.7 Å². The van der Waals surface area contributed by atoms with E-state index in [1.54, 1.807) is 20.9 Å². The largest absolute Gasteiger partial charge is 0.468 e. The van der Waals surface area contributed by atoms with Crippen LogP contribution in [0.4, 0.5) is 0 Å². The zero-order chi connectivity index (χ0) is 15.9. The molecule has 2 unspecified atom stereocenters. The number of aliphatic hydroxyl groups is 1. The zero-order valence-electron chi connectivity index (χ0n) is 12.4. The molecule has 0 amide bonds. The molecule has 0 spiro atoms. The summed E-state index contributed by atoms with van der Waals surface area (Å²) in [6.45, 7) is 3.11.